The molecule has 2 N–H and O–H groups in total. The average Bonchev–Trinajstić information content (AvgIpc) is 2.45. The van der Waals surface area contributed by atoms with Gasteiger partial charge in [-0.3, -0.25) is 4.90 Å². The van der Waals surface area contributed by atoms with Gasteiger partial charge in [0.1, 0.15) is 5.75 Å². The monoisotopic (exact) mass is 264 g/mol. The van der Waals surface area contributed by atoms with Crippen molar-refractivity contribution < 1.29 is 4.74 Å². The molecule has 0 spiro atoms. The minimum Gasteiger partial charge on any atom is -0.496 e. The third-order valence-electron chi connectivity index (χ3n) is 3.69. The highest BCUT2D eigenvalue weighted by atomic mass is 16.5. The van der Waals surface area contributed by atoms with Gasteiger partial charge in [-0.1, -0.05) is 33.3 Å². The van der Waals surface area contributed by atoms with Crippen molar-refractivity contribution in [1.29, 1.82) is 0 Å². The molecule has 0 aliphatic rings. The van der Waals surface area contributed by atoms with E-state index >= 15 is 0 Å². The molecule has 0 saturated carbocycles. The van der Waals surface area contributed by atoms with Gasteiger partial charge in [-0.2, -0.15) is 0 Å². The Morgan fingerprint density at radius 3 is 2.58 bits per heavy atom. The van der Waals surface area contributed by atoms with Crippen LogP contribution in [0.25, 0.3) is 0 Å². The smallest absolute Gasteiger partial charge is 0.123 e. The summed E-state index contributed by atoms with van der Waals surface area (Å²) in [6.07, 6.45) is 1.22. The van der Waals surface area contributed by atoms with Crippen molar-refractivity contribution in [2.45, 2.75) is 40.3 Å². The molecule has 1 aromatic rings. The molecular formula is C16H28N2O. The van der Waals surface area contributed by atoms with E-state index in [4.69, 9.17) is 10.5 Å². The van der Waals surface area contributed by atoms with Gasteiger partial charge in [-0.25, -0.2) is 0 Å². The topological polar surface area (TPSA) is 38.5 Å². The van der Waals surface area contributed by atoms with E-state index in [9.17, 15) is 0 Å². The molecule has 0 heterocycles. The summed E-state index contributed by atoms with van der Waals surface area (Å²) in [5.41, 5.74) is 8.12. The first-order valence-corrected chi connectivity index (χ1v) is 7.22. The van der Waals surface area contributed by atoms with Crippen LogP contribution >= 0.6 is 0 Å². The maximum absolute atomic E-state index is 5.72. The number of hydrogen-bond acceptors (Lipinski definition) is 3. The van der Waals surface area contributed by atoms with Crippen molar-refractivity contribution in [2.24, 2.45) is 11.7 Å². The summed E-state index contributed by atoms with van der Waals surface area (Å²) in [5, 5.41) is 0. The summed E-state index contributed by atoms with van der Waals surface area (Å²) in [5.74, 6) is 1.68. The Balaban J connectivity index is 2.82. The predicted octanol–water partition coefficient (Wildman–Crippen LogP) is 3.02. The van der Waals surface area contributed by atoms with Gasteiger partial charge >= 0.3 is 0 Å². The van der Waals surface area contributed by atoms with Crippen LogP contribution < -0.4 is 10.5 Å². The maximum Gasteiger partial charge on any atom is 0.123 e. The normalized spacial score (nSPS) is 12.7. The molecule has 108 valence electrons. The Hall–Kier alpha value is -1.06. The number of ether oxygens (including phenoxy) is 1. The minimum absolute atomic E-state index is 0.578. The van der Waals surface area contributed by atoms with Gasteiger partial charge in [0, 0.05) is 25.2 Å². The summed E-state index contributed by atoms with van der Waals surface area (Å²) in [6.45, 7) is 10.4. The van der Waals surface area contributed by atoms with E-state index in [-0.39, 0.29) is 0 Å². The van der Waals surface area contributed by atoms with Crippen molar-refractivity contribution in [3.8, 4) is 5.75 Å². The lowest BCUT2D eigenvalue weighted by molar-refractivity contribution is 0.235. The van der Waals surface area contributed by atoms with Gasteiger partial charge in [0.2, 0.25) is 0 Å². The molecule has 0 amide bonds. The fourth-order valence-corrected chi connectivity index (χ4v) is 2.20. The van der Waals surface area contributed by atoms with Gasteiger partial charge in [-0.15, -0.1) is 0 Å². The predicted molar refractivity (Wildman–Crippen MR) is 81.3 cm³/mol. The lowest BCUT2D eigenvalue weighted by atomic mass is 10.1. The Labute approximate surface area is 117 Å². The number of nitrogens with two attached hydrogens (primary N) is 1. The van der Waals surface area contributed by atoms with E-state index < -0.39 is 0 Å². The Morgan fingerprint density at radius 2 is 2.05 bits per heavy atom. The molecule has 19 heavy (non-hydrogen) atoms. The molecule has 0 aliphatic carbocycles. The Kier molecular flexibility index (Phi) is 6.89. The van der Waals surface area contributed by atoms with Crippen molar-refractivity contribution in [1.82, 2.24) is 4.90 Å². The van der Waals surface area contributed by atoms with Gasteiger partial charge in [-0.05, 0) is 30.2 Å². The molecule has 0 aliphatic heterocycles. The molecule has 3 heteroatoms. The summed E-state index contributed by atoms with van der Waals surface area (Å²) >= 11 is 0. The van der Waals surface area contributed by atoms with Gasteiger partial charge < -0.3 is 10.5 Å². The van der Waals surface area contributed by atoms with E-state index in [0.29, 0.717) is 6.54 Å². The van der Waals surface area contributed by atoms with Crippen molar-refractivity contribution >= 4 is 0 Å². The van der Waals surface area contributed by atoms with Crippen LogP contribution in [0.15, 0.2) is 18.2 Å². The van der Waals surface area contributed by atoms with Crippen LogP contribution in [0.3, 0.4) is 0 Å². The highest BCUT2D eigenvalue weighted by Gasteiger charge is 2.11. The van der Waals surface area contributed by atoms with E-state index in [0.717, 1.165) is 36.9 Å². The zero-order valence-corrected chi connectivity index (χ0v) is 12.8. The van der Waals surface area contributed by atoms with E-state index in [1.165, 1.54) is 12.0 Å². The van der Waals surface area contributed by atoms with Crippen LogP contribution in [0.2, 0.25) is 0 Å². The molecule has 0 radical (unpaired) electrons. The van der Waals surface area contributed by atoms with Gasteiger partial charge in [0.15, 0.2) is 0 Å². The van der Waals surface area contributed by atoms with Crippen molar-refractivity contribution in [2.75, 3.05) is 20.2 Å². The highest BCUT2D eigenvalue weighted by Crippen LogP contribution is 2.22. The quantitative estimate of drug-likeness (QED) is 0.784. The van der Waals surface area contributed by atoms with Crippen LogP contribution in [0.5, 0.6) is 5.75 Å². The first-order valence-electron chi connectivity index (χ1n) is 7.22. The van der Waals surface area contributed by atoms with E-state index in [1.807, 2.05) is 12.1 Å². The zero-order chi connectivity index (χ0) is 14.3. The largest absolute Gasteiger partial charge is 0.496 e. The lowest BCUT2D eigenvalue weighted by Crippen LogP contribution is -2.28. The second-order valence-corrected chi connectivity index (χ2v) is 5.19. The summed E-state index contributed by atoms with van der Waals surface area (Å²) < 4.78 is 5.45. The summed E-state index contributed by atoms with van der Waals surface area (Å²) in [7, 11) is 1.73. The lowest BCUT2D eigenvalue weighted by Gasteiger charge is -2.24. The van der Waals surface area contributed by atoms with Gasteiger partial charge in [0.25, 0.3) is 0 Å². The SMILES string of the molecule is CCC(C)CN(CC)Cc1cc(CN)ccc1OC. The maximum atomic E-state index is 5.72. The number of rotatable bonds is 8. The number of hydrogen-bond donors (Lipinski definition) is 1. The average molecular weight is 264 g/mol. The molecule has 1 atom stereocenters. The molecule has 1 unspecified atom stereocenters. The third-order valence-corrected chi connectivity index (χ3v) is 3.69. The first kappa shape index (κ1) is 16.0. The van der Waals surface area contributed by atoms with E-state index in [2.05, 4.69) is 31.7 Å². The molecule has 0 saturated heterocycles. The second-order valence-electron chi connectivity index (χ2n) is 5.19. The highest BCUT2D eigenvalue weighted by molar-refractivity contribution is 5.37. The molecule has 3 nitrogen and oxygen atoms in total. The third kappa shape index (κ3) is 4.84. The Morgan fingerprint density at radius 1 is 1.32 bits per heavy atom. The van der Waals surface area contributed by atoms with Crippen LogP contribution in [-0.4, -0.2) is 25.1 Å². The van der Waals surface area contributed by atoms with Crippen molar-refractivity contribution in [3.63, 3.8) is 0 Å². The summed E-state index contributed by atoms with van der Waals surface area (Å²) in [4.78, 5) is 2.46. The molecule has 0 aromatic heterocycles. The molecular weight excluding hydrogens is 236 g/mol. The molecule has 0 bridgehead atoms. The zero-order valence-electron chi connectivity index (χ0n) is 12.8. The first-order chi connectivity index (χ1) is 9.14. The number of benzene rings is 1. The van der Waals surface area contributed by atoms with Crippen LogP contribution in [0, 0.1) is 5.92 Å². The van der Waals surface area contributed by atoms with Crippen LogP contribution in [-0.2, 0) is 13.1 Å². The standard InChI is InChI=1S/C16H28N2O/c1-5-13(3)11-18(6-2)12-15-9-14(10-17)7-8-16(15)19-4/h7-9,13H,5-6,10-12,17H2,1-4H3. The fraction of sp³-hybridized carbons (Fsp3) is 0.625. The fourth-order valence-electron chi connectivity index (χ4n) is 2.20. The van der Waals surface area contributed by atoms with Crippen molar-refractivity contribution in [3.05, 3.63) is 29.3 Å². The molecule has 1 rings (SSSR count). The minimum atomic E-state index is 0.578. The molecule has 0 fully saturated rings. The second kappa shape index (κ2) is 8.18. The number of methoxy groups -OCH3 is 1. The van der Waals surface area contributed by atoms with Gasteiger partial charge in [0.05, 0.1) is 7.11 Å². The van der Waals surface area contributed by atoms with Crippen LogP contribution in [0.4, 0.5) is 0 Å². The Bertz CT molecular complexity index is 379. The summed E-state index contributed by atoms with van der Waals surface area (Å²) in [6, 6.07) is 6.22. The number of nitrogens with zero attached hydrogens (tertiary/aromatic N) is 1. The van der Waals surface area contributed by atoms with Crippen LogP contribution in [0.1, 0.15) is 38.3 Å². The molecule has 1 aromatic carbocycles. The van der Waals surface area contributed by atoms with E-state index in [1.54, 1.807) is 7.11 Å².